The van der Waals surface area contributed by atoms with Gasteiger partial charge in [-0.2, -0.15) is 4.98 Å². The van der Waals surface area contributed by atoms with Crippen molar-refractivity contribution in [3.63, 3.8) is 0 Å². The first kappa shape index (κ1) is 16.5. The maximum absolute atomic E-state index is 13.0. The Morgan fingerprint density at radius 2 is 2.12 bits per heavy atom. The number of carbonyl (C=O) groups excluding carboxylic acids is 2. The molecule has 0 radical (unpaired) electrons. The van der Waals surface area contributed by atoms with Crippen molar-refractivity contribution in [1.82, 2.24) is 19.9 Å². The molecule has 7 nitrogen and oxygen atoms in total. The normalized spacial score (nSPS) is 26.9. The van der Waals surface area contributed by atoms with Crippen molar-refractivity contribution in [3.05, 3.63) is 11.7 Å². The molecule has 0 bridgehead atoms. The van der Waals surface area contributed by atoms with Crippen LogP contribution in [0, 0.1) is 11.8 Å². The summed E-state index contributed by atoms with van der Waals surface area (Å²) < 4.78 is 5.32. The van der Waals surface area contributed by atoms with Gasteiger partial charge in [-0.25, -0.2) is 0 Å². The zero-order valence-corrected chi connectivity index (χ0v) is 15.0. The van der Waals surface area contributed by atoms with Crippen molar-refractivity contribution in [2.24, 2.45) is 11.8 Å². The summed E-state index contributed by atoms with van der Waals surface area (Å²) in [6.45, 7) is 6.12. The lowest BCUT2D eigenvalue weighted by atomic mass is 10.1. The quantitative estimate of drug-likeness (QED) is 0.816. The van der Waals surface area contributed by atoms with Crippen LogP contribution in [0.25, 0.3) is 0 Å². The summed E-state index contributed by atoms with van der Waals surface area (Å²) in [4.78, 5) is 33.5. The van der Waals surface area contributed by atoms with E-state index >= 15 is 0 Å². The van der Waals surface area contributed by atoms with Crippen molar-refractivity contribution in [1.29, 1.82) is 0 Å². The summed E-state index contributed by atoms with van der Waals surface area (Å²) in [5.74, 6) is 2.03. The van der Waals surface area contributed by atoms with Gasteiger partial charge in [0.15, 0.2) is 5.82 Å². The maximum atomic E-state index is 13.0. The highest BCUT2D eigenvalue weighted by atomic mass is 16.5. The van der Waals surface area contributed by atoms with Crippen LogP contribution in [0.15, 0.2) is 4.52 Å². The summed E-state index contributed by atoms with van der Waals surface area (Å²) in [6.07, 6.45) is 4.57. The third-order valence-corrected chi connectivity index (χ3v) is 5.52. The molecule has 3 fully saturated rings. The Morgan fingerprint density at radius 3 is 2.80 bits per heavy atom. The van der Waals surface area contributed by atoms with E-state index in [4.69, 9.17) is 4.52 Å². The van der Waals surface area contributed by atoms with E-state index in [0.29, 0.717) is 37.1 Å². The van der Waals surface area contributed by atoms with Crippen molar-refractivity contribution in [3.8, 4) is 0 Å². The predicted molar refractivity (Wildman–Crippen MR) is 89.5 cm³/mol. The molecule has 3 aliphatic rings. The Kier molecular flexibility index (Phi) is 4.25. The fourth-order valence-corrected chi connectivity index (χ4v) is 3.88. The topological polar surface area (TPSA) is 79.5 Å². The van der Waals surface area contributed by atoms with Gasteiger partial charge in [0, 0.05) is 32.0 Å². The van der Waals surface area contributed by atoms with Crippen LogP contribution in [0.3, 0.4) is 0 Å². The van der Waals surface area contributed by atoms with Gasteiger partial charge in [0.2, 0.25) is 17.7 Å². The monoisotopic (exact) mass is 346 g/mol. The smallest absolute Gasteiger partial charge is 0.229 e. The number of hydrogen-bond donors (Lipinski definition) is 0. The lowest BCUT2D eigenvalue weighted by molar-refractivity contribution is -0.136. The van der Waals surface area contributed by atoms with Crippen molar-refractivity contribution in [2.75, 3.05) is 19.6 Å². The molecule has 0 aromatic carbocycles. The predicted octanol–water partition coefficient (Wildman–Crippen LogP) is 2.12. The molecular weight excluding hydrogens is 320 g/mol. The highest BCUT2D eigenvalue weighted by Crippen LogP contribution is 2.35. The molecule has 0 unspecified atom stereocenters. The summed E-state index contributed by atoms with van der Waals surface area (Å²) in [7, 11) is 0. The molecule has 0 N–H and O–H groups in total. The van der Waals surface area contributed by atoms with Gasteiger partial charge >= 0.3 is 0 Å². The Labute approximate surface area is 147 Å². The third kappa shape index (κ3) is 3.28. The van der Waals surface area contributed by atoms with Gasteiger partial charge in [-0.15, -0.1) is 0 Å². The summed E-state index contributed by atoms with van der Waals surface area (Å²) in [6, 6.07) is -0.115. The molecule has 7 heteroatoms. The van der Waals surface area contributed by atoms with Crippen molar-refractivity contribution >= 4 is 11.8 Å². The number of likely N-dealkylation sites (tertiary alicyclic amines) is 2. The van der Waals surface area contributed by atoms with Crippen molar-refractivity contribution in [2.45, 2.75) is 57.9 Å². The van der Waals surface area contributed by atoms with Crippen LogP contribution in [-0.4, -0.2) is 51.4 Å². The second-order valence-electron chi connectivity index (χ2n) is 7.98. The van der Waals surface area contributed by atoms with Gasteiger partial charge in [-0.1, -0.05) is 19.0 Å². The van der Waals surface area contributed by atoms with Crippen LogP contribution in [0.1, 0.15) is 69.6 Å². The van der Waals surface area contributed by atoms with E-state index in [-0.39, 0.29) is 29.7 Å². The highest BCUT2D eigenvalue weighted by molar-refractivity contribution is 5.89. The van der Waals surface area contributed by atoms with Gasteiger partial charge in [0.25, 0.3) is 0 Å². The molecule has 2 aliphatic heterocycles. The fraction of sp³-hybridized carbons (Fsp3) is 0.778. The lowest BCUT2D eigenvalue weighted by Gasteiger charge is -2.25. The third-order valence-electron chi connectivity index (χ3n) is 5.52. The van der Waals surface area contributed by atoms with Crippen LogP contribution in [-0.2, 0) is 9.59 Å². The molecular formula is C18H26N4O3. The Hall–Kier alpha value is -1.92. The molecule has 2 saturated heterocycles. The maximum Gasteiger partial charge on any atom is 0.229 e. The van der Waals surface area contributed by atoms with Gasteiger partial charge in [0.05, 0.1) is 12.0 Å². The number of rotatable bonds is 5. The first-order valence-electron chi connectivity index (χ1n) is 9.44. The first-order chi connectivity index (χ1) is 12.0. The Balaban J connectivity index is 1.44. The summed E-state index contributed by atoms with van der Waals surface area (Å²) in [5, 5.41) is 4.10. The second-order valence-corrected chi connectivity index (χ2v) is 7.98. The largest absolute Gasteiger partial charge is 0.342 e. The van der Waals surface area contributed by atoms with E-state index in [9.17, 15) is 9.59 Å². The van der Waals surface area contributed by atoms with E-state index in [0.717, 1.165) is 19.4 Å². The number of carbonyl (C=O) groups is 2. The Morgan fingerprint density at radius 1 is 1.32 bits per heavy atom. The highest BCUT2D eigenvalue weighted by Gasteiger charge is 2.42. The minimum atomic E-state index is -0.219. The molecule has 2 amide bonds. The number of amides is 2. The average molecular weight is 346 g/mol. The first-order valence-corrected chi connectivity index (χ1v) is 9.44. The van der Waals surface area contributed by atoms with Crippen LogP contribution < -0.4 is 0 Å². The van der Waals surface area contributed by atoms with Crippen LogP contribution in [0.5, 0.6) is 0 Å². The minimum absolute atomic E-state index is 0.0741. The molecule has 3 heterocycles. The van der Waals surface area contributed by atoms with Gasteiger partial charge in [-0.05, 0) is 31.6 Å². The SMILES string of the molecule is CC(C)c1nc([C@@H]2CCCN2C(=O)[C@H]2CC(=O)N(CC3CC3)C2)no1. The second kappa shape index (κ2) is 6.42. The van der Waals surface area contributed by atoms with Crippen LogP contribution >= 0.6 is 0 Å². The van der Waals surface area contributed by atoms with Crippen LogP contribution in [0.4, 0.5) is 0 Å². The molecule has 136 valence electrons. The number of aromatic nitrogens is 2. The summed E-state index contributed by atoms with van der Waals surface area (Å²) in [5.41, 5.74) is 0. The van der Waals surface area contributed by atoms with E-state index < -0.39 is 0 Å². The lowest BCUT2D eigenvalue weighted by Crippen LogP contribution is -2.37. The molecule has 25 heavy (non-hydrogen) atoms. The van der Waals surface area contributed by atoms with E-state index in [1.54, 1.807) is 0 Å². The standard InChI is InChI=1S/C18H26N4O3/c1-11(2)17-19-16(20-25-17)14-4-3-7-22(14)18(24)13-8-15(23)21(10-13)9-12-5-6-12/h11-14H,3-10H2,1-2H3/t13-,14-/m0/s1. The van der Waals surface area contributed by atoms with E-state index in [1.807, 2.05) is 23.6 Å². The molecule has 1 aromatic heterocycles. The Bertz CT molecular complexity index is 667. The molecule has 1 saturated carbocycles. The van der Waals surface area contributed by atoms with Gasteiger partial charge in [-0.3, -0.25) is 9.59 Å². The molecule has 1 aromatic rings. The number of hydrogen-bond acceptors (Lipinski definition) is 5. The van der Waals surface area contributed by atoms with E-state index in [2.05, 4.69) is 10.1 Å². The van der Waals surface area contributed by atoms with Gasteiger partial charge in [0.1, 0.15) is 0 Å². The minimum Gasteiger partial charge on any atom is -0.342 e. The summed E-state index contributed by atoms with van der Waals surface area (Å²) >= 11 is 0. The van der Waals surface area contributed by atoms with E-state index in [1.165, 1.54) is 12.8 Å². The fourth-order valence-electron chi connectivity index (χ4n) is 3.88. The average Bonchev–Trinajstić information content (AvgIpc) is 3.00. The molecule has 1 aliphatic carbocycles. The number of nitrogens with zero attached hydrogens (tertiary/aromatic N) is 4. The van der Waals surface area contributed by atoms with Gasteiger partial charge < -0.3 is 14.3 Å². The molecule has 4 rings (SSSR count). The molecule has 0 spiro atoms. The van der Waals surface area contributed by atoms with Crippen LogP contribution in [0.2, 0.25) is 0 Å². The molecule has 2 atom stereocenters. The van der Waals surface area contributed by atoms with Crippen molar-refractivity contribution < 1.29 is 14.1 Å². The zero-order chi connectivity index (χ0) is 17.6. The zero-order valence-electron chi connectivity index (χ0n) is 15.0.